The van der Waals surface area contributed by atoms with Crippen LogP contribution in [0.5, 0.6) is 0 Å². The summed E-state index contributed by atoms with van der Waals surface area (Å²) in [5.41, 5.74) is 1.00. The Labute approximate surface area is 136 Å². The van der Waals surface area contributed by atoms with E-state index in [0.29, 0.717) is 19.5 Å². The van der Waals surface area contributed by atoms with E-state index in [-0.39, 0.29) is 35.8 Å². The van der Waals surface area contributed by atoms with Gasteiger partial charge in [-0.15, -0.1) is 0 Å². The average molecular weight is 338 g/mol. The Hall–Kier alpha value is -1.89. The van der Waals surface area contributed by atoms with Gasteiger partial charge in [0.15, 0.2) is 9.84 Å². The first-order valence-corrected chi connectivity index (χ1v) is 9.47. The van der Waals surface area contributed by atoms with E-state index in [2.05, 4.69) is 5.32 Å². The summed E-state index contributed by atoms with van der Waals surface area (Å²) in [5.74, 6) is -0.165. The minimum atomic E-state index is -3.01. The molecule has 0 spiro atoms. The SMILES string of the molecule is CC(=O)N(CCC(=O)NC1CCS(=O)(=O)C1)Cc1ccccc1. The molecule has 1 aromatic rings. The lowest BCUT2D eigenvalue weighted by molar-refractivity contribution is -0.130. The largest absolute Gasteiger partial charge is 0.352 e. The molecule has 0 aliphatic carbocycles. The molecule has 1 heterocycles. The van der Waals surface area contributed by atoms with Gasteiger partial charge in [0.25, 0.3) is 0 Å². The summed E-state index contributed by atoms with van der Waals surface area (Å²) in [6.45, 7) is 2.25. The van der Waals surface area contributed by atoms with Crippen LogP contribution >= 0.6 is 0 Å². The fourth-order valence-corrected chi connectivity index (χ4v) is 4.27. The zero-order chi connectivity index (χ0) is 16.9. The molecule has 0 aromatic heterocycles. The van der Waals surface area contributed by atoms with Crippen molar-refractivity contribution in [2.45, 2.75) is 32.4 Å². The van der Waals surface area contributed by atoms with Gasteiger partial charge in [-0.2, -0.15) is 0 Å². The second kappa shape index (κ2) is 7.59. The van der Waals surface area contributed by atoms with E-state index < -0.39 is 9.84 Å². The minimum absolute atomic E-state index is 0.0131. The quantitative estimate of drug-likeness (QED) is 0.829. The number of benzene rings is 1. The number of carbonyl (C=O) groups is 2. The summed E-state index contributed by atoms with van der Waals surface area (Å²) in [6.07, 6.45) is 0.636. The van der Waals surface area contributed by atoms with Gasteiger partial charge >= 0.3 is 0 Å². The van der Waals surface area contributed by atoms with Crippen molar-refractivity contribution in [1.29, 1.82) is 0 Å². The van der Waals surface area contributed by atoms with E-state index in [4.69, 9.17) is 0 Å². The molecule has 2 rings (SSSR count). The Morgan fingerprint density at radius 1 is 1.26 bits per heavy atom. The maximum Gasteiger partial charge on any atom is 0.222 e. The third-order valence-electron chi connectivity index (χ3n) is 3.87. The van der Waals surface area contributed by atoms with E-state index in [1.54, 1.807) is 4.90 Å². The van der Waals surface area contributed by atoms with Crippen molar-refractivity contribution in [1.82, 2.24) is 10.2 Å². The summed E-state index contributed by atoms with van der Waals surface area (Å²) in [5, 5.41) is 2.74. The molecule has 1 aliphatic rings. The molecule has 1 fully saturated rings. The Kier molecular flexibility index (Phi) is 5.76. The summed E-state index contributed by atoms with van der Waals surface area (Å²) in [4.78, 5) is 25.3. The van der Waals surface area contributed by atoms with E-state index in [0.717, 1.165) is 5.56 Å². The molecule has 1 saturated heterocycles. The number of amides is 2. The van der Waals surface area contributed by atoms with Crippen molar-refractivity contribution in [2.75, 3.05) is 18.1 Å². The molecule has 1 aromatic carbocycles. The summed E-state index contributed by atoms with van der Waals surface area (Å²) < 4.78 is 22.8. The predicted octanol–water partition coefficient (Wildman–Crippen LogP) is 0.729. The number of nitrogens with one attached hydrogen (secondary N) is 1. The fourth-order valence-electron chi connectivity index (χ4n) is 2.60. The maximum absolute atomic E-state index is 11.9. The molecule has 0 saturated carbocycles. The van der Waals surface area contributed by atoms with E-state index in [1.165, 1.54) is 6.92 Å². The van der Waals surface area contributed by atoms with Crippen LogP contribution in [0.1, 0.15) is 25.3 Å². The third kappa shape index (κ3) is 5.67. The summed E-state index contributed by atoms with van der Waals surface area (Å²) in [6, 6.07) is 9.28. The molecule has 23 heavy (non-hydrogen) atoms. The first kappa shape index (κ1) is 17.5. The van der Waals surface area contributed by atoms with Gasteiger partial charge in [0.1, 0.15) is 0 Å². The predicted molar refractivity (Wildman–Crippen MR) is 87.4 cm³/mol. The van der Waals surface area contributed by atoms with Gasteiger partial charge in [-0.25, -0.2) is 8.42 Å². The van der Waals surface area contributed by atoms with Crippen molar-refractivity contribution in [3.8, 4) is 0 Å². The van der Waals surface area contributed by atoms with Crippen molar-refractivity contribution < 1.29 is 18.0 Å². The topological polar surface area (TPSA) is 83.6 Å². The van der Waals surface area contributed by atoms with Gasteiger partial charge in [-0.1, -0.05) is 30.3 Å². The number of hydrogen-bond donors (Lipinski definition) is 1. The van der Waals surface area contributed by atoms with Crippen LogP contribution in [0.15, 0.2) is 30.3 Å². The number of hydrogen-bond acceptors (Lipinski definition) is 4. The highest BCUT2D eigenvalue weighted by atomic mass is 32.2. The van der Waals surface area contributed by atoms with E-state index in [1.807, 2.05) is 30.3 Å². The second-order valence-electron chi connectivity index (χ2n) is 5.84. The Balaban J connectivity index is 1.82. The van der Waals surface area contributed by atoms with Crippen LogP contribution in [-0.2, 0) is 26.0 Å². The standard InChI is InChI=1S/C16H22N2O4S/c1-13(19)18(11-14-5-3-2-4-6-14)9-7-16(20)17-15-8-10-23(21,22)12-15/h2-6,15H,7-12H2,1H3,(H,17,20). The monoisotopic (exact) mass is 338 g/mol. The van der Waals surface area contributed by atoms with Gasteiger partial charge in [0, 0.05) is 32.5 Å². The first-order chi connectivity index (χ1) is 10.9. The molecular weight excluding hydrogens is 316 g/mol. The molecule has 2 amide bonds. The molecule has 7 heteroatoms. The highest BCUT2D eigenvalue weighted by Gasteiger charge is 2.28. The van der Waals surface area contributed by atoms with Crippen LogP contribution in [0.3, 0.4) is 0 Å². The van der Waals surface area contributed by atoms with Crippen molar-refractivity contribution in [3.63, 3.8) is 0 Å². The van der Waals surface area contributed by atoms with Crippen LogP contribution in [0, 0.1) is 0 Å². The molecule has 1 unspecified atom stereocenters. The molecule has 0 radical (unpaired) electrons. The lowest BCUT2D eigenvalue weighted by Gasteiger charge is -2.21. The number of carbonyl (C=O) groups excluding carboxylic acids is 2. The smallest absolute Gasteiger partial charge is 0.222 e. The molecule has 6 nitrogen and oxygen atoms in total. The van der Waals surface area contributed by atoms with Gasteiger partial charge in [0.05, 0.1) is 11.5 Å². The molecule has 0 bridgehead atoms. The van der Waals surface area contributed by atoms with Gasteiger partial charge in [-0.3, -0.25) is 9.59 Å². The van der Waals surface area contributed by atoms with Crippen LogP contribution in [0.4, 0.5) is 0 Å². The highest BCUT2D eigenvalue weighted by Crippen LogP contribution is 2.11. The van der Waals surface area contributed by atoms with Crippen LogP contribution in [0.2, 0.25) is 0 Å². The lowest BCUT2D eigenvalue weighted by Crippen LogP contribution is -2.38. The zero-order valence-electron chi connectivity index (χ0n) is 13.2. The van der Waals surface area contributed by atoms with Crippen LogP contribution in [0.25, 0.3) is 0 Å². The van der Waals surface area contributed by atoms with Crippen molar-refractivity contribution >= 4 is 21.7 Å². The Morgan fingerprint density at radius 2 is 1.96 bits per heavy atom. The van der Waals surface area contributed by atoms with Crippen molar-refractivity contribution in [2.24, 2.45) is 0 Å². The van der Waals surface area contributed by atoms with E-state index >= 15 is 0 Å². The van der Waals surface area contributed by atoms with Crippen LogP contribution < -0.4 is 5.32 Å². The molecule has 126 valence electrons. The first-order valence-electron chi connectivity index (χ1n) is 7.65. The average Bonchev–Trinajstić information content (AvgIpc) is 2.83. The third-order valence-corrected chi connectivity index (χ3v) is 5.64. The number of sulfone groups is 1. The minimum Gasteiger partial charge on any atom is -0.352 e. The normalized spacial score (nSPS) is 19.3. The zero-order valence-corrected chi connectivity index (χ0v) is 14.0. The lowest BCUT2D eigenvalue weighted by atomic mass is 10.2. The summed E-state index contributed by atoms with van der Waals surface area (Å²) in [7, 11) is -3.01. The van der Waals surface area contributed by atoms with Gasteiger partial charge in [-0.05, 0) is 12.0 Å². The van der Waals surface area contributed by atoms with Crippen molar-refractivity contribution in [3.05, 3.63) is 35.9 Å². The fraction of sp³-hybridized carbons (Fsp3) is 0.500. The molecule has 1 N–H and O–H groups in total. The van der Waals surface area contributed by atoms with E-state index in [9.17, 15) is 18.0 Å². The Morgan fingerprint density at radius 3 is 2.52 bits per heavy atom. The molecule has 1 atom stereocenters. The maximum atomic E-state index is 11.9. The molecular formula is C16H22N2O4S. The second-order valence-corrected chi connectivity index (χ2v) is 8.07. The Bertz CT molecular complexity index is 658. The van der Waals surface area contributed by atoms with Gasteiger partial charge < -0.3 is 10.2 Å². The summed E-state index contributed by atoms with van der Waals surface area (Å²) >= 11 is 0. The van der Waals surface area contributed by atoms with Crippen LogP contribution in [-0.4, -0.2) is 49.2 Å². The van der Waals surface area contributed by atoms with Gasteiger partial charge in [0.2, 0.25) is 11.8 Å². The number of nitrogens with zero attached hydrogens (tertiary/aromatic N) is 1. The highest BCUT2D eigenvalue weighted by molar-refractivity contribution is 7.91. The number of rotatable bonds is 6. The molecule has 1 aliphatic heterocycles.